The molecule has 16 heavy (non-hydrogen) atoms. The predicted octanol–water partition coefficient (Wildman–Crippen LogP) is 3.93. The molecule has 1 aliphatic heterocycles. The number of piperidine rings is 1. The highest BCUT2D eigenvalue weighted by molar-refractivity contribution is 4.96. The van der Waals surface area contributed by atoms with Crippen molar-refractivity contribution in [3.63, 3.8) is 0 Å². The molecule has 0 N–H and O–H groups in total. The van der Waals surface area contributed by atoms with Gasteiger partial charge in [-0.3, -0.25) is 0 Å². The van der Waals surface area contributed by atoms with Crippen LogP contribution in [0.5, 0.6) is 0 Å². The van der Waals surface area contributed by atoms with Gasteiger partial charge in [0.2, 0.25) is 0 Å². The molecule has 1 heteroatoms. The van der Waals surface area contributed by atoms with Crippen molar-refractivity contribution in [2.75, 3.05) is 20.1 Å². The molecular formula is C15H29N. The maximum absolute atomic E-state index is 2.50. The summed E-state index contributed by atoms with van der Waals surface area (Å²) < 4.78 is 0. The standard InChI is InChI=1S/C15H29N/c1-13(2)5-4-6-14-11-15(12-14)7-9-16(3)10-8-15/h13-14H,4-12H2,1-3H3. The van der Waals surface area contributed by atoms with Crippen molar-refractivity contribution >= 4 is 0 Å². The number of nitrogens with zero attached hydrogens (tertiary/aromatic N) is 1. The van der Waals surface area contributed by atoms with Gasteiger partial charge in [0.25, 0.3) is 0 Å². The minimum Gasteiger partial charge on any atom is -0.306 e. The Morgan fingerprint density at radius 1 is 1.19 bits per heavy atom. The lowest BCUT2D eigenvalue weighted by molar-refractivity contribution is -0.0111. The predicted molar refractivity (Wildman–Crippen MR) is 70.6 cm³/mol. The Bertz CT molecular complexity index is 205. The highest BCUT2D eigenvalue weighted by atomic mass is 15.1. The van der Waals surface area contributed by atoms with Crippen LogP contribution in [0.1, 0.15) is 58.8 Å². The van der Waals surface area contributed by atoms with Crippen LogP contribution in [0.4, 0.5) is 0 Å². The fourth-order valence-corrected chi connectivity index (χ4v) is 3.68. The van der Waals surface area contributed by atoms with Crippen molar-refractivity contribution in [1.82, 2.24) is 4.90 Å². The largest absolute Gasteiger partial charge is 0.306 e. The van der Waals surface area contributed by atoms with Gasteiger partial charge < -0.3 is 4.90 Å². The minimum absolute atomic E-state index is 0.801. The Morgan fingerprint density at radius 3 is 2.38 bits per heavy atom. The van der Waals surface area contributed by atoms with Crippen LogP contribution in [-0.2, 0) is 0 Å². The molecule has 1 nitrogen and oxygen atoms in total. The van der Waals surface area contributed by atoms with E-state index in [1.54, 1.807) is 12.8 Å². The van der Waals surface area contributed by atoms with Crippen molar-refractivity contribution < 1.29 is 0 Å². The van der Waals surface area contributed by atoms with Gasteiger partial charge in [0.15, 0.2) is 0 Å². The van der Waals surface area contributed by atoms with Crippen molar-refractivity contribution in [2.24, 2.45) is 17.3 Å². The second kappa shape index (κ2) is 5.08. The topological polar surface area (TPSA) is 3.24 Å². The first-order valence-corrected chi connectivity index (χ1v) is 7.28. The van der Waals surface area contributed by atoms with E-state index in [-0.39, 0.29) is 0 Å². The number of likely N-dealkylation sites (tertiary alicyclic amines) is 1. The summed E-state index contributed by atoms with van der Waals surface area (Å²) in [5.74, 6) is 1.99. The molecule has 1 saturated heterocycles. The molecule has 0 bridgehead atoms. The molecule has 0 aromatic carbocycles. The molecule has 2 aliphatic rings. The number of rotatable bonds is 4. The van der Waals surface area contributed by atoms with Gasteiger partial charge in [-0.2, -0.15) is 0 Å². The Hall–Kier alpha value is -0.0400. The zero-order valence-electron chi connectivity index (χ0n) is 11.5. The molecule has 1 spiro atoms. The molecule has 94 valence electrons. The maximum atomic E-state index is 2.50. The van der Waals surface area contributed by atoms with Crippen LogP contribution >= 0.6 is 0 Å². The lowest BCUT2D eigenvalue weighted by Crippen LogP contribution is -2.45. The normalized spacial score (nSPS) is 26.2. The molecule has 0 aromatic rings. The van der Waals surface area contributed by atoms with Crippen molar-refractivity contribution in [2.45, 2.75) is 58.8 Å². The highest BCUT2D eigenvalue weighted by Crippen LogP contribution is 2.53. The van der Waals surface area contributed by atoms with E-state index >= 15 is 0 Å². The van der Waals surface area contributed by atoms with Crippen molar-refractivity contribution in [3.05, 3.63) is 0 Å². The number of hydrogen-bond donors (Lipinski definition) is 0. The third kappa shape index (κ3) is 3.00. The van der Waals surface area contributed by atoms with Gasteiger partial charge >= 0.3 is 0 Å². The molecule has 2 fully saturated rings. The van der Waals surface area contributed by atoms with E-state index in [9.17, 15) is 0 Å². The van der Waals surface area contributed by atoms with Gasteiger partial charge in [-0.15, -0.1) is 0 Å². The summed E-state index contributed by atoms with van der Waals surface area (Å²) in [6, 6.07) is 0. The van der Waals surface area contributed by atoms with Crippen molar-refractivity contribution in [1.29, 1.82) is 0 Å². The van der Waals surface area contributed by atoms with E-state index in [2.05, 4.69) is 25.8 Å². The Balaban J connectivity index is 1.62. The third-order valence-electron chi connectivity index (χ3n) is 4.88. The quantitative estimate of drug-likeness (QED) is 0.698. The van der Waals surface area contributed by atoms with Crippen LogP contribution in [0.2, 0.25) is 0 Å². The van der Waals surface area contributed by atoms with E-state index < -0.39 is 0 Å². The molecule has 2 rings (SSSR count). The van der Waals surface area contributed by atoms with Crippen molar-refractivity contribution in [3.8, 4) is 0 Å². The molecular weight excluding hydrogens is 194 g/mol. The van der Waals surface area contributed by atoms with E-state index in [1.165, 1.54) is 45.2 Å². The Kier molecular flexibility index (Phi) is 3.94. The summed E-state index contributed by atoms with van der Waals surface area (Å²) in [5.41, 5.74) is 0.801. The number of hydrogen-bond acceptors (Lipinski definition) is 1. The van der Waals surface area contributed by atoms with E-state index in [0.29, 0.717) is 0 Å². The van der Waals surface area contributed by atoms with Crippen LogP contribution in [0, 0.1) is 17.3 Å². The SMILES string of the molecule is CC(C)CCCC1CC2(CCN(C)CC2)C1. The summed E-state index contributed by atoms with van der Waals surface area (Å²) in [6.45, 7) is 7.38. The molecule has 0 unspecified atom stereocenters. The zero-order valence-corrected chi connectivity index (χ0v) is 11.5. The average molecular weight is 223 g/mol. The molecule has 1 saturated carbocycles. The minimum atomic E-state index is 0.801. The molecule has 1 heterocycles. The van der Waals surface area contributed by atoms with E-state index in [1.807, 2.05) is 0 Å². The third-order valence-corrected chi connectivity index (χ3v) is 4.88. The zero-order chi connectivity index (χ0) is 11.6. The first-order valence-electron chi connectivity index (χ1n) is 7.28. The molecule has 0 amide bonds. The van der Waals surface area contributed by atoms with E-state index in [0.717, 1.165) is 17.3 Å². The van der Waals surface area contributed by atoms with Gasteiger partial charge in [0, 0.05) is 0 Å². The fraction of sp³-hybridized carbons (Fsp3) is 1.00. The molecule has 0 radical (unpaired) electrons. The maximum Gasteiger partial charge on any atom is -0.00165 e. The Labute approximate surface area is 102 Å². The highest BCUT2D eigenvalue weighted by Gasteiger charge is 2.44. The van der Waals surface area contributed by atoms with Gasteiger partial charge in [0.05, 0.1) is 0 Å². The summed E-state index contributed by atoms with van der Waals surface area (Å²) >= 11 is 0. The average Bonchev–Trinajstić information content (AvgIpc) is 2.18. The van der Waals surface area contributed by atoms with Gasteiger partial charge in [-0.1, -0.05) is 33.1 Å². The van der Waals surface area contributed by atoms with Crippen LogP contribution in [0.3, 0.4) is 0 Å². The fourth-order valence-electron chi connectivity index (χ4n) is 3.68. The molecule has 0 atom stereocenters. The van der Waals surface area contributed by atoms with Gasteiger partial charge in [0.1, 0.15) is 0 Å². The summed E-state index contributed by atoms with van der Waals surface area (Å²) in [4.78, 5) is 2.50. The molecule has 0 aromatic heterocycles. The van der Waals surface area contributed by atoms with Crippen LogP contribution < -0.4 is 0 Å². The monoisotopic (exact) mass is 223 g/mol. The second-order valence-corrected chi connectivity index (χ2v) is 6.90. The first-order chi connectivity index (χ1) is 7.60. The second-order valence-electron chi connectivity index (χ2n) is 6.90. The Morgan fingerprint density at radius 2 is 1.81 bits per heavy atom. The summed E-state index contributed by atoms with van der Waals surface area (Å²) in [5, 5.41) is 0. The first kappa shape index (κ1) is 12.4. The smallest absolute Gasteiger partial charge is 0.00165 e. The molecule has 1 aliphatic carbocycles. The summed E-state index contributed by atoms with van der Waals surface area (Å²) in [6.07, 6.45) is 10.5. The van der Waals surface area contributed by atoms with Crippen LogP contribution in [0.15, 0.2) is 0 Å². The lowest BCUT2D eigenvalue weighted by atomic mass is 9.56. The van der Waals surface area contributed by atoms with E-state index in [4.69, 9.17) is 0 Å². The summed E-state index contributed by atoms with van der Waals surface area (Å²) in [7, 11) is 2.27. The van der Waals surface area contributed by atoms with Gasteiger partial charge in [-0.25, -0.2) is 0 Å². The van der Waals surface area contributed by atoms with Gasteiger partial charge in [-0.05, 0) is 63.1 Å². The lowest BCUT2D eigenvalue weighted by Gasteiger charge is -2.52. The van der Waals surface area contributed by atoms with Crippen LogP contribution in [-0.4, -0.2) is 25.0 Å². The van der Waals surface area contributed by atoms with Crippen LogP contribution in [0.25, 0.3) is 0 Å².